The van der Waals surface area contributed by atoms with E-state index in [1.165, 1.54) is 77.0 Å². The maximum Gasteiger partial charge on any atom is 0.323 e. The molecule has 0 rings (SSSR count). The van der Waals surface area contributed by atoms with Crippen molar-refractivity contribution in [2.24, 2.45) is 5.73 Å². The smallest absolute Gasteiger partial charge is 0.323 e. The zero-order valence-electron chi connectivity index (χ0n) is 16.9. The van der Waals surface area contributed by atoms with Crippen LogP contribution in [0.15, 0.2) is 0 Å². The van der Waals surface area contributed by atoms with Crippen LogP contribution in [0.4, 0.5) is 0 Å². The molecule has 0 aromatic rings. The fourth-order valence-electron chi connectivity index (χ4n) is 3.26. The van der Waals surface area contributed by atoms with E-state index in [2.05, 4.69) is 6.92 Å². The summed E-state index contributed by atoms with van der Waals surface area (Å²) < 4.78 is 0. The summed E-state index contributed by atoms with van der Waals surface area (Å²) in [6, 6.07) is 0. The largest absolute Gasteiger partial charge is 0.480 e. The second-order valence-corrected chi connectivity index (χ2v) is 8.54. The first-order chi connectivity index (χ1) is 12.1. The lowest BCUT2D eigenvalue weighted by molar-refractivity contribution is -0.143. The van der Waals surface area contributed by atoms with E-state index in [0.717, 1.165) is 18.6 Å². The Labute approximate surface area is 160 Å². The SMILES string of the molecule is CCCCCCCCCCCCCCCCC(N)(CCSC)C(=O)O. The van der Waals surface area contributed by atoms with E-state index in [1.807, 2.05) is 6.26 Å². The molecule has 0 spiro atoms. The Kier molecular flexibility index (Phi) is 17.1. The van der Waals surface area contributed by atoms with E-state index in [1.54, 1.807) is 11.8 Å². The zero-order chi connectivity index (χ0) is 18.8. The molecular formula is C21H43NO2S. The van der Waals surface area contributed by atoms with Crippen LogP contribution in [-0.2, 0) is 4.79 Å². The van der Waals surface area contributed by atoms with Crippen LogP contribution in [0.2, 0.25) is 0 Å². The molecule has 3 nitrogen and oxygen atoms in total. The molecule has 0 aliphatic rings. The van der Waals surface area contributed by atoms with Gasteiger partial charge in [-0.3, -0.25) is 4.79 Å². The van der Waals surface area contributed by atoms with E-state index in [9.17, 15) is 9.90 Å². The van der Waals surface area contributed by atoms with Crippen molar-refractivity contribution in [3.05, 3.63) is 0 Å². The monoisotopic (exact) mass is 373 g/mol. The molecular weight excluding hydrogens is 330 g/mol. The molecule has 1 unspecified atom stereocenters. The molecule has 1 atom stereocenters. The molecule has 0 aliphatic heterocycles. The van der Waals surface area contributed by atoms with Crippen LogP contribution >= 0.6 is 11.8 Å². The van der Waals surface area contributed by atoms with Gasteiger partial charge in [0.1, 0.15) is 5.54 Å². The summed E-state index contributed by atoms with van der Waals surface area (Å²) >= 11 is 1.67. The molecule has 25 heavy (non-hydrogen) atoms. The minimum absolute atomic E-state index is 0.571. The summed E-state index contributed by atoms with van der Waals surface area (Å²) in [5.74, 6) is -0.0160. The highest BCUT2D eigenvalue weighted by molar-refractivity contribution is 7.98. The van der Waals surface area contributed by atoms with Gasteiger partial charge in [-0.1, -0.05) is 96.8 Å². The number of hydrogen-bond donors (Lipinski definition) is 2. The van der Waals surface area contributed by atoms with Crippen LogP contribution in [0.1, 0.15) is 110 Å². The first-order valence-electron chi connectivity index (χ1n) is 10.6. The van der Waals surface area contributed by atoms with Gasteiger partial charge in [0.15, 0.2) is 0 Å². The van der Waals surface area contributed by atoms with Crippen LogP contribution in [-0.4, -0.2) is 28.6 Å². The Hall–Kier alpha value is -0.220. The maximum absolute atomic E-state index is 11.4. The van der Waals surface area contributed by atoms with E-state index in [0.29, 0.717) is 12.8 Å². The van der Waals surface area contributed by atoms with Crippen molar-refractivity contribution in [2.75, 3.05) is 12.0 Å². The molecule has 3 N–H and O–H groups in total. The van der Waals surface area contributed by atoms with Gasteiger partial charge in [0, 0.05) is 0 Å². The molecule has 0 saturated carbocycles. The third kappa shape index (κ3) is 14.6. The van der Waals surface area contributed by atoms with Crippen molar-refractivity contribution in [3.63, 3.8) is 0 Å². The lowest BCUT2D eigenvalue weighted by Crippen LogP contribution is -2.48. The van der Waals surface area contributed by atoms with Gasteiger partial charge in [-0.15, -0.1) is 0 Å². The molecule has 0 aliphatic carbocycles. The van der Waals surface area contributed by atoms with Crippen LogP contribution in [0, 0.1) is 0 Å². The number of carbonyl (C=O) groups is 1. The standard InChI is InChI=1S/C21H43NO2S/c1-3-4-5-6-7-8-9-10-11-12-13-14-15-16-17-21(22,20(23)24)18-19-25-2/h3-19,22H2,1-2H3,(H,23,24). The van der Waals surface area contributed by atoms with Crippen molar-refractivity contribution in [1.82, 2.24) is 0 Å². The topological polar surface area (TPSA) is 63.3 Å². The van der Waals surface area contributed by atoms with Crippen LogP contribution in [0.25, 0.3) is 0 Å². The third-order valence-electron chi connectivity index (χ3n) is 5.15. The number of rotatable bonds is 19. The summed E-state index contributed by atoms with van der Waals surface area (Å²) in [4.78, 5) is 11.4. The van der Waals surface area contributed by atoms with Crippen LogP contribution in [0.3, 0.4) is 0 Å². The third-order valence-corrected chi connectivity index (χ3v) is 5.77. The van der Waals surface area contributed by atoms with Gasteiger partial charge in [0.05, 0.1) is 0 Å². The van der Waals surface area contributed by atoms with Crippen LogP contribution < -0.4 is 5.73 Å². The Morgan fingerprint density at radius 2 is 1.20 bits per heavy atom. The Balaban J connectivity index is 3.41. The van der Waals surface area contributed by atoms with Gasteiger partial charge < -0.3 is 10.8 Å². The number of carboxylic acid groups (broad SMARTS) is 1. The molecule has 0 aromatic carbocycles. The molecule has 0 fully saturated rings. The number of hydrogen-bond acceptors (Lipinski definition) is 3. The lowest BCUT2D eigenvalue weighted by atomic mass is 9.90. The van der Waals surface area contributed by atoms with Crippen molar-refractivity contribution in [3.8, 4) is 0 Å². The van der Waals surface area contributed by atoms with Crippen molar-refractivity contribution >= 4 is 17.7 Å². The average Bonchev–Trinajstić information content (AvgIpc) is 2.60. The van der Waals surface area contributed by atoms with Crippen molar-refractivity contribution in [2.45, 2.75) is 115 Å². The van der Waals surface area contributed by atoms with E-state index in [-0.39, 0.29) is 0 Å². The summed E-state index contributed by atoms with van der Waals surface area (Å²) in [6.45, 7) is 2.27. The first kappa shape index (κ1) is 24.8. The lowest BCUT2D eigenvalue weighted by Gasteiger charge is -2.24. The quantitative estimate of drug-likeness (QED) is 0.257. The Morgan fingerprint density at radius 1 is 0.800 bits per heavy atom. The molecule has 0 heterocycles. The number of carboxylic acids is 1. The van der Waals surface area contributed by atoms with Crippen molar-refractivity contribution in [1.29, 1.82) is 0 Å². The van der Waals surface area contributed by atoms with E-state index in [4.69, 9.17) is 5.73 Å². The summed E-state index contributed by atoms with van der Waals surface area (Å²) in [7, 11) is 0. The summed E-state index contributed by atoms with van der Waals surface area (Å²) in [5.41, 5.74) is 5.05. The average molecular weight is 374 g/mol. The summed E-state index contributed by atoms with van der Waals surface area (Å²) in [6.07, 6.45) is 21.6. The highest BCUT2D eigenvalue weighted by Crippen LogP contribution is 2.20. The molecule has 0 bridgehead atoms. The van der Waals surface area contributed by atoms with Gasteiger partial charge in [0.2, 0.25) is 0 Å². The number of aliphatic carboxylic acids is 1. The predicted octanol–water partition coefficient (Wildman–Crippen LogP) is 6.39. The molecule has 0 aromatic heterocycles. The van der Waals surface area contributed by atoms with E-state index < -0.39 is 11.5 Å². The molecule has 150 valence electrons. The molecule has 0 radical (unpaired) electrons. The molecule has 0 saturated heterocycles. The fourth-order valence-corrected chi connectivity index (χ4v) is 3.83. The van der Waals surface area contributed by atoms with Crippen LogP contribution in [0.5, 0.6) is 0 Å². The fraction of sp³-hybridized carbons (Fsp3) is 0.952. The van der Waals surface area contributed by atoms with E-state index >= 15 is 0 Å². The van der Waals surface area contributed by atoms with Crippen molar-refractivity contribution < 1.29 is 9.90 Å². The zero-order valence-corrected chi connectivity index (χ0v) is 17.7. The molecule has 4 heteroatoms. The first-order valence-corrected chi connectivity index (χ1v) is 12.0. The van der Waals surface area contributed by atoms with Gasteiger partial charge in [-0.05, 0) is 24.9 Å². The molecule has 0 amide bonds. The highest BCUT2D eigenvalue weighted by Gasteiger charge is 2.32. The van der Waals surface area contributed by atoms with Gasteiger partial charge >= 0.3 is 5.97 Å². The Morgan fingerprint density at radius 3 is 1.56 bits per heavy atom. The van der Waals surface area contributed by atoms with Gasteiger partial charge in [-0.2, -0.15) is 11.8 Å². The highest BCUT2D eigenvalue weighted by atomic mass is 32.2. The van der Waals surface area contributed by atoms with Gasteiger partial charge in [-0.25, -0.2) is 0 Å². The predicted molar refractivity (Wildman–Crippen MR) is 112 cm³/mol. The minimum Gasteiger partial charge on any atom is -0.480 e. The summed E-state index contributed by atoms with van der Waals surface area (Å²) in [5, 5.41) is 9.33. The van der Waals surface area contributed by atoms with Gasteiger partial charge in [0.25, 0.3) is 0 Å². The second kappa shape index (κ2) is 17.2. The maximum atomic E-state index is 11.4. The number of nitrogens with two attached hydrogens (primary N) is 1. The second-order valence-electron chi connectivity index (χ2n) is 7.55. The minimum atomic E-state index is -1.01. The number of unbranched alkanes of at least 4 members (excludes halogenated alkanes) is 13. The number of thioether (sulfide) groups is 1. The Bertz CT molecular complexity index is 312. The normalized spacial score (nSPS) is 13.7.